The van der Waals surface area contributed by atoms with Gasteiger partial charge in [-0.15, -0.1) is 0 Å². The molecule has 14 heteroatoms. The molecule has 4 heterocycles. The number of aromatic nitrogens is 5. The summed E-state index contributed by atoms with van der Waals surface area (Å²) in [5.41, 5.74) is 1.25. The number of ether oxygens (including phenoxy) is 2. The fourth-order valence-electron chi connectivity index (χ4n) is 4.83. The highest BCUT2D eigenvalue weighted by Gasteiger charge is 2.28. The second kappa shape index (κ2) is 11.1. The molecule has 1 N–H and O–H groups in total. The first-order valence-electron chi connectivity index (χ1n) is 12.9. The number of methoxy groups -OCH3 is 1. The summed E-state index contributed by atoms with van der Waals surface area (Å²) in [6.07, 6.45) is 6.77. The van der Waals surface area contributed by atoms with Gasteiger partial charge in [0.05, 0.1) is 29.5 Å². The lowest BCUT2D eigenvalue weighted by Crippen LogP contribution is -2.20. The first-order chi connectivity index (χ1) is 19.5. The van der Waals surface area contributed by atoms with Gasteiger partial charge < -0.3 is 19.7 Å². The van der Waals surface area contributed by atoms with E-state index in [0.29, 0.717) is 18.0 Å². The zero-order chi connectivity index (χ0) is 29.5. The minimum absolute atomic E-state index is 0.0554. The van der Waals surface area contributed by atoms with Crippen molar-refractivity contribution in [3.8, 4) is 16.9 Å². The van der Waals surface area contributed by atoms with Crippen molar-refractivity contribution in [1.82, 2.24) is 24.5 Å². The van der Waals surface area contributed by atoms with Gasteiger partial charge in [-0.1, -0.05) is 0 Å². The van der Waals surface area contributed by atoms with Gasteiger partial charge in [0.2, 0.25) is 0 Å². The molecule has 41 heavy (non-hydrogen) atoms. The quantitative estimate of drug-likeness (QED) is 0.308. The molecule has 1 aromatic carbocycles. The van der Waals surface area contributed by atoms with Crippen LogP contribution in [0.25, 0.3) is 11.1 Å². The zero-order valence-corrected chi connectivity index (χ0v) is 24.2. The van der Waals surface area contributed by atoms with E-state index in [1.807, 2.05) is 13.0 Å². The number of halogens is 2. The summed E-state index contributed by atoms with van der Waals surface area (Å²) < 4.78 is 70.1. The summed E-state index contributed by atoms with van der Waals surface area (Å²) in [7, 11) is 0.888. The Morgan fingerprint density at radius 2 is 2.00 bits per heavy atom. The Bertz CT molecular complexity index is 1700. The maximum absolute atomic E-state index is 16.3. The third-order valence-corrected chi connectivity index (χ3v) is 8.01. The maximum atomic E-state index is 16.3. The molecule has 1 atom stereocenters. The van der Waals surface area contributed by atoms with Crippen molar-refractivity contribution in [3.05, 3.63) is 54.0 Å². The van der Waals surface area contributed by atoms with Crippen LogP contribution in [0.1, 0.15) is 31.2 Å². The topological polar surface area (TPSA) is 116 Å². The van der Waals surface area contributed by atoms with Gasteiger partial charge in [0.25, 0.3) is 0 Å². The molecule has 1 unspecified atom stereocenters. The lowest BCUT2D eigenvalue weighted by atomic mass is 10.1. The van der Waals surface area contributed by atoms with Crippen LogP contribution in [0, 0.1) is 18.6 Å². The van der Waals surface area contributed by atoms with E-state index in [0.717, 1.165) is 37.3 Å². The smallest absolute Gasteiger partial charge is 0.177 e. The van der Waals surface area contributed by atoms with Gasteiger partial charge in [-0.3, -0.25) is 4.68 Å². The van der Waals surface area contributed by atoms with E-state index >= 15 is 8.78 Å². The van der Waals surface area contributed by atoms with Gasteiger partial charge in [-0.25, -0.2) is 26.9 Å². The van der Waals surface area contributed by atoms with Gasteiger partial charge in [0.1, 0.15) is 5.82 Å². The van der Waals surface area contributed by atoms with Gasteiger partial charge in [-0.2, -0.15) is 10.2 Å². The van der Waals surface area contributed by atoms with Crippen molar-refractivity contribution in [1.29, 1.82) is 0 Å². The number of benzene rings is 1. The zero-order valence-electron chi connectivity index (χ0n) is 23.4. The molecule has 4 aromatic rings. The number of nitrogens with zero attached hydrogens (tertiary/aromatic N) is 6. The van der Waals surface area contributed by atoms with Crippen molar-refractivity contribution >= 4 is 33.0 Å². The maximum Gasteiger partial charge on any atom is 0.177 e. The van der Waals surface area contributed by atoms with Crippen LogP contribution in [-0.2, 0) is 21.6 Å². The van der Waals surface area contributed by atoms with Crippen LogP contribution < -0.4 is 15.0 Å². The van der Waals surface area contributed by atoms with E-state index < -0.39 is 21.5 Å². The monoisotopic (exact) mass is 587 g/mol. The van der Waals surface area contributed by atoms with Crippen molar-refractivity contribution in [2.45, 2.75) is 37.3 Å². The normalized spacial score (nSPS) is 15.6. The third kappa shape index (κ3) is 5.61. The van der Waals surface area contributed by atoms with E-state index in [1.165, 1.54) is 42.1 Å². The molecule has 3 aromatic heterocycles. The van der Waals surface area contributed by atoms with E-state index in [9.17, 15) is 8.42 Å². The largest absolute Gasteiger partial charge is 0.492 e. The van der Waals surface area contributed by atoms with Crippen LogP contribution in [0.2, 0.25) is 0 Å². The molecule has 0 radical (unpaired) electrons. The molecule has 218 valence electrons. The molecule has 1 aliphatic heterocycles. The van der Waals surface area contributed by atoms with E-state index in [-0.39, 0.29) is 39.8 Å². The molecule has 0 spiro atoms. The van der Waals surface area contributed by atoms with Gasteiger partial charge >= 0.3 is 0 Å². The Labute approximate surface area is 236 Å². The number of anilines is 4. The summed E-state index contributed by atoms with van der Waals surface area (Å²) >= 11 is 0. The Hall–Kier alpha value is -4.04. The second-order valence-corrected chi connectivity index (χ2v) is 11.9. The molecule has 1 fully saturated rings. The summed E-state index contributed by atoms with van der Waals surface area (Å²) in [5.74, 6) is -1.20. The lowest BCUT2D eigenvalue weighted by Gasteiger charge is -2.24. The predicted octanol–water partition coefficient (Wildman–Crippen LogP) is 4.89. The Morgan fingerprint density at radius 1 is 1.22 bits per heavy atom. The number of nitrogens with one attached hydrogen (secondary N) is 1. The number of rotatable bonds is 8. The van der Waals surface area contributed by atoms with Crippen LogP contribution in [0.15, 0.2) is 41.6 Å². The van der Waals surface area contributed by atoms with Crippen LogP contribution in [0.5, 0.6) is 5.75 Å². The SMILES string of the molecule is COc1c(Nc2cc(C)n(C3CCCCO3)n2)nc(N(C)c2ccc(S(C)(=O)=O)cc2F)c(F)c1-c1cnn(C)c1. The number of sulfone groups is 1. The highest BCUT2D eigenvalue weighted by atomic mass is 32.2. The van der Waals surface area contributed by atoms with Crippen molar-refractivity contribution in [3.63, 3.8) is 0 Å². The first-order valence-corrected chi connectivity index (χ1v) is 14.8. The van der Waals surface area contributed by atoms with Crippen molar-refractivity contribution < 1.29 is 26.7 Å². The standard InChI is InChI=1S/C27H31F2N7O4S/c1-16-12-21(33-36(16)22-8-6-7-11-40-22)31-26-25(39-4)23(17-14-30-34(2)15-17)24(29)27(32-26)35(3)20-10-9-18(13-19(20)28)41(5,37)38/h9-10,12-15,22H,6-8,11H2,1-5H3,(H,31,32,33). The van der Waals surface area contributed by atoms with E-state index in [2.05, 4.69) is 20.5 Å². The highest BCUT2D eigenvalue weighted by Crippen LogP contribution is 2.43. The van der Waals surface area contributed by atoms with Crippen molar-refractivity contribution in [2.24, 2.45) is 7.05 Å². The summed E-state index contributed by atoms with van der Waals surface area (Å²) in [5, 5.41) is 12.0. The molecule has 11 nitrogen and oxygen atoms in total. The van der Waals surface area contributed by atoms with Crippen molar-refractivity contribution in [2.75, 3.05) is 37.2 Å². The number of hydrogen-bond donors (Lipinski definition) is 1. The van der Waals surface area contributed by atoms with Gasteiger partial charge in [-0.05, 0) is 44.4 Å². The molecule has 0 amide bonds. The Morgan fingerprint density at radius 3 is 2.61 bits per heavy atom. The Kier molecular flexibility index (Phi) is 7.70. The molecule has 1 saturated heterocycles. The molecule has 1 aliphatic rings. The molecule has 5 rings (SSSR count). The average Bonchev–Trinajstić information content (AvgIpc) is 3.53. The fraction of sp³-hybridized carbons (Fsp3) is 0.370. The minimum atomic E-state index is -3.64. The van der Waals surface area contributed by atoms with E-state index in [4.69, 9.17) is 9.47 Å². The summed E-state index contributed by atoms with van der Waals surface area (Å²) in [4.78, 5) is 5.51. The molecule has 0 aliphatic carbocycles. The van der Waals surface area contributed by atoms with Crippen LogP contribution in [0.3, 0.4) is 0 Å². The highest BCUT2D eigenvalue weighted by molar-refractivity contribution is 7.90. The molecular formula is C27H31F2N7O4S. The first kappa shape index (κ1) is 28.5. The average molecular weight is 588 g/mol. The van der Waals surface area contributed by atoms with E-state index in [1.54, 1.807) is 17.9 Å². The van der Waals surface area contributed by atoms with Crippen LogP contribution >= 0.6 is 0 Å². The lowest BCUT2D eigenvalue weighted by molar-refractivity contribution is -0.0404. The number of aryl methyl sites for hydroxylation is 2. The summed E-state index contributed by atoms with van der Waals surface area (Å²) in [6.45, 7) is 2.57. The molecule has 0 bridgehead atoms. The third-order valence-electron chi connectivity index (χ3n) is 6.90. The predicted molar refractivity (Wildman–Crippen MR) is 150 cm³/mol. The fourth-order valence-corrected chi connectivity index (χ4v) is 5.46. The number of pyridine rings is 1. The summed E-state index contributed by atoms with van der Waals surface area (Å²) in [6, 6.07) is 5.24. The molecule has 0 saturated carbocycles. The number of hydrogen-bond acceptors (Lipinski definition) is 9. The van der Waals surface area contributed by atoms with Crippen LogP contribution in [-0.4, -0.2) is 60.0 Å². The van der Waals surface area contributed by atoms with Crippen LogP contribution in [0.4, 0.5) is 31.9 Å². The van der Waals surface area contributed by atoms with Gasteiger partial charge in [0, 0.05) is 50.5 Å². The second-order valence-electron chi connectivity index (χ2n) is 9.92. The Balaban J connectivity index is 1.62. The minimum Gasteiger partial charge on any atom is -0.492 e. The van der Waals surface area contributed by atoms with Gasteiger partial charge in [0.15, 0.2) is 45.1 Å². The molecular weight excluding hydrogens is 556 g/mol.